The zero-order valence-electron chi connectivity index (χ0n) is 36.1. The Hall–Kier alpha value is -2.71. The molecule has 0 aliphatic heterocycles. The second kappa shape index (κ2) is 38.2. The molecule has 0 saturated heterocycles. The van der Waals surface area contributed by atoms with Crippen molar-refractivity contribution >= 4 is 17.9 Å². The quantitative estimate of drug-likeness (QED) is 0.0265. The molecule has 0 radical (unpaired) electrons. The molecular formula is C47H83NO7. The fraction of sp³-hybridized carbons (Fsp3) is 0.766. The first-order valence-corrected chi connectivity index (χ1v) is 22.2. The Kier molecular flexibility index (Phi) is 36.3. The molecule has 0 aromatic carbocycles. The number of unbranched alkanes of at least 4 members (excludes halogenated alkanes) is 17. The second-order valence-corrected chi connectivity index (χ2v) is 15.9. The molecule has 0 spiro atoms. The molecule has 0 fully saturated rings. The molecule has 0 saturated carbocycles. The fourth-order valence-electron chi connectivity index (χ4n) is 6.32. The summed E-state index contributed by atoms with van der Waals surface area (Å²) in [6, 6.07) is -0.737. The van der Waals surface area contributed by atoms with Crippen molar-refractivity contribution in [1.29, 1.82) is 0 Å². The minimum absolute atomic E-state index is 0.0130. The first kappa shape index (κ1) is 52.3. The van der Waals surface area contributed by atoms with E-state index in [0.717, 1.165) is 44.9 Å². The predicted octanol–water partition coefficient (Wildman–Crippen LogP) is 10.7. The van der Waals surface area contributed by atoms with Gasteiger partial charge in [-0.05, 0) is 38.5 Å². The van der Waals surface area contributed by atoms with E-state index in [1.54, 1.807) is 21.1 Å². The van der Waals surface area contributed by atoms with Gasteiger partial charge in [-0.2, -0.15) is 0 Å². The molecule has 2 atom stereocenters. The Morgan fingerprint density at radius 3 is 1.47 bits per heavy atom. The van der Waals surface area contributed by atoms with Gasteiger partial charge in [0.25, 0.3) is 0 Å². The first-order chi connectivity index (χ1) is 26.6. The van der Waals surface area contributed by atoms with Crippen LogP contribution in [0.1, 0.15) is 181 Å². The van der Waals surface area contributed by atoms with Crippen molar-refractivity contribution in [2.45, 2.75) is 193 Å². The number of allylic oxidation sites excluding steroid dienone is 8. The summed E-state index contributed by atoms with van der Waals surface area (Å²) in [5.74, 6) is -1.84. The third-order valence-electron chi connectivity index (χ3n) is 9.74. The minimum atomic E-state index is -1.14. The van der Waals surface area contributed by atoms with Crippen molar-refractivity contribution in [3.63, 3.8) is 0 Å². The summed E-state index contributed by atoms with van der Waals surface area (Å²) < 4.78 is 17.1. The van der Waals surface area contributed by atoms with Crippen LogP contribution in [0.5, 0.6) is 0 Å². The Bertz CT molecular complexity index is 1040. The van der Waals surface area contributed by atoms with Crippen LogP contribution in [0.15, 0.2) is 48.6 Å². The number of ether oxygens (including phenoxy) is 3. The molecule has 0 rings (SSSR count). The molecule has 0 aromatic heterocycles. The predicted molar refractivity (Wildman–Crippen MR) is 226 cm³/mol. The van der Waals surface area contributed by atoms with Gasteiger partial charge in [-0.15, -0.1) is 0 Å². The largest absolute Gasteiger partial charge is 0.544 e. The second-order valence-electron chi connectivity index (χ2n) is 15.9. The molecule has 55 heavy (non-hydrogen) atoms. The van der Waals surface area contributed by atoms with Crippen molar-refractivity contribution in [3.05, 3.63) is 48.6 Å². The molecule has 0 bridgehead atoms. The van der Waals surface area contributed by atoms with E-state index in [1.165, 1.54) is 96.3 Å². The summed E-state index contributed by atoms with van der Waals surface area (Å²) in [5, 5.41) is 11.6. The number of hydrogen-bond donors (Lipinski definition) is 0. The van der Waals surface area contributed by atoms with Crippen molar-refractivity contribution in [3.8, 4) is 0 Å². The summed E-state index contributed by atoms with van der Waals surface area (Å²) in [7, 11) is 5.38. The van der Waals surface area contributed by atoms with Crippen LogP contribution in [-0.4, -0.2) is 75.5 Å². The number of hydrogen-bond acceptors (Lipinski definition) is 7. The SMILES string of the molecule is CC/C=C\C/C=C\C/C=C\C/C=C\CCC(=O)OC(COCCC(C(=O)[O-])[N+](C)(C)C)COC(=O)CCCCCCCCCCCCCCCCCCCC. The lowest BCUT2D eigenvalue weighted by atomic mass is 10.0. The number of carbonyl (C=O) groups excluding carboxylic acids is 3. The molecule has 8 heteroatoms. The highest BCUT2D eigenvalue weighted by Crippen LogP contribution is 2.15. The number of quaternary nitrogens is 1. The molecule has 8 nitrogen and oxygen atoms in total. The highest BCUT2D eigenvalue weighted by atomic mass is 16.6. The van der Waals surface area contributed by atoms with Crippen LogP contribution >= 0.6 is 0 Å². The van der Waals surface area contributed by atoms with Gasteiger partial charge in [-0.1, -0.05) is 172 Å². The van der Waals surface area contributed by atoms with Gasteiger partial charge in [0.05, 0.1) is 40.3 Å². The Labute approximate surface area is 337 Å². The van der Waals surface area contributed by atoms with E-state index in [9.17, 15) is 19.5 Å². The molecule has 0 amide bonds. The lowest BCUT2D eigenvalue weighted by Crippen LogP contribution is -2.55. The zero-order chi connectivity index (χ0) is 40.7. The van der Waals surface area contributed by atoms with Crippen LogP contribution in [0.25, 0.3) is 0 Å². The van der Waals surface area contributed by atoms with E-state index >= 15 is 0 Å². The number of carboxylic acid groups (broad SMARTS) is 1. The lowest BCUT2D eigenvalue weighted by molar-refractivity contribution is -0.889. The van der Waals surface area contributed by atoms with Crippen molar-refractivity contribution in [2.75, 3.05) is 41.0 Å². The van der Waals surface area contributed by atoms with E-state index in [4.69, 9.17) is 14.2 Å². The molecule has 2 unspecified atom stereocenters. The maximum absolute atomic E-state index is 12.6. The first-order valence-electron chi connectivity index (χ1n) is 22.2. The van der Waals surface area contributed by atoms with Gasteiger partial charge in [0, 0.05) is 19.3 Å². The van der Waals surface area contributed by atoms with Gasteiger partial charge in [0.15, 0.2) is 6.10 Å². The molecule has 0 aliphatic rings. The average molecular weight is 774 g/mol. The van der Waals surface area contributed by atoms with Crippen LogP contribution in [0.2, 0.25) is 0 Å². The number of rotatable bonds is 39. The van der Waals surface area contributed by atoms with Crippen LogP contribution in [-0.2, 0) is 28.6 Å². The van der Waals surface area contributed by atoms with Gasteiger partial charge < -0.3 is 28.6 Å². The summed E-state index contributed by atoms with van der Waals surface area (Å²) in [6.07, 6.45) is 44.4. The fourth-order valence-corrected chi connectivity index (χ4v) is 6.32. The average Bonchev–Trinajstić information content (AvgIpc) is 3.14. The van der Waals surface area contributed by atoms with Crippen molar-refractivity contribution in [1.82, 2.24) is 0 Å². The van der Waals surface area contributed by atoms with Gasteiger partial charge in [0.2, 0.25) is 0 Å². The number of carbonyl (C=O) groups is 3. The van der Waals surface area contributed by atoms with Crippen LogP contribution in [0, 0.1) is 0 Å². The Balaban J connectivity index is 4.36. The van der Waals surface area contributed by atoms with Crippen molar-refractivity contribution in [2.24, 2.45) is 0 Å². The third kappa shape index (κ3) is 36.7. The number of nitrogens with zero attached hydrogens (tertiary/aromatic N) is 1. The highest BCUT2D eigenvalue weighted by Gasteiger charge is 2.25. The summed E-state index contributed by atoms with van der Waals surface area (Å²) >= 11 is 0. The zero-order valence-corrected chi connectivity index (χ0v) is 36.1. The summed E-state index contributed by atoms with van der Waals surface area (Å²) in [5.41, 5.74) is 0. The number of likely N-dealkylation sites (N-methyl/N-ethyl adjacent to an activating group) is 1. The molecular weight excluding hydrogens is 691 g/mol. The van der Waals surface area contributed by atoms with Gasteiger partial charge in [0.1, 0.15) is 12.6 Å². The normalized spacial score (nSPS) is 13.4. The summed E-state index contributed by atoms with van der Waals surface area (Å²) in [4.78, 5) is 36.8. The number of aliphatic carboxylic acids is 1. The molecule has 0 aromatic rings. The number of esters is 2. The van der Waals surface area contributed by atoms with Crippen molar-refractivity contribution < 1.29 is 38.2 Å². The van der Waals surface area contributed by atoms with Gasteiger partial charge >= 0.3 is 11.9 Å². The topological polar surface area (TPSA) is 102 Å². The molecule has 0 aliphatic carbocycles. The van der Waals surface area contributed by atoms with Crippen LogP contribution in [0.4, 0.5) is 0 Å². The summed E-state index contributed by atoms with van der Waals surface area (Å²) in [6.45, 7) is 4.47. The lowest BCUT2D eigenvalue weighted by Gasteiger charge is -2.34. The molecule has 318 valence electrons. The Morgan fingerprint density at radius 1 is 0.564 bits per heavy atom. The monoisotopic (exact) mass is 774 g/mol. The Morgan fingerprint density at radius 2 is 1.02 bits per heavy atom. The van der Waals surface area contributed by atoms with Crippen LogP contribution < -0.4 is 5.11 Å². The number of carboxylic acids is 1. The molecule has 0 heterocycles. The highest BCUT2D eigenvalue weighted by molar-refractivity contribution is 5.70. The third-order valence-corrected chi connectivity index (χ3v) is 9.74. The van der Waals surface area contributed by atoms with E-state index in [0.29, 0.717) is 12.8 Å². The van der Waals surface area contributed by atoms with Crippen LogP contribution in [0.3, 0.4) is 0 Å². The van der Waals surface area contributed by atoms with E-state index in [1.807, 2.05) is 12.2 Å². The van der Waals surface area contributed by atoms with Gasteiger partial charge in [-0.3, -0.25) is 9.59 Å². The van der Waals surface area contributed by atoms with E-state index in [-0.39, 0.29) is 43.1 Å². The van der Waals surface area contributed by atoms with Gasteiger partial charge in [-0.25, -0.2) is 0 Å². The minimum Gasteiger partial charge on any atom is -0.544 e. The molecule has 0 N–H and O–H groups in total. The smallest absolute Gasteiger partial charge is 0.306 e. The van der Waals surface area contributed by atoms with E-state index < -0.39 is 24.1 Å². The maximum Gasteiger partial charge on any atom is 0.306 e. The maximum atomic E-state index is 12.6. The van der Waals surface area contributed by atoms with E-state index in [2.05, 4.69) is 50.3 Å². The standard InChI is InChI=1S/C47H83NO7/c1-6-8-10-12-14-16-18-20-21-22-23-24-26-27-29-31-33-35-37-45(49)54-42-43(41-53-40-39-44(47(51)52)48(3,4)5)55-46(50)38-36-34-32-30-28-25-19-17-15-13-11-9-7-2/h9,11,15,17,25,28,32,34,43-44H,6-8,10,12-14,16,18-24,26-27,29-31,33,35-42H2,1-5H3/b11-9-,17-15-,28-25-,34-32-.